The van der Waals surface area contributed by atoms with Gasteiger partial charge in [-0.05, 0) is 25.3 Å². The molecule has 0 aliphatic carbocycles. The third-order valence-corrected chi connectivity index (χ3v) is 2.49. The van der Waals surface area contributed by atoms with E-state index in [4.69, 9.17) is 11.6 Å². The maximum atomic E-state index is 11.3. The van der Waals surface area contributed by atoms with E-state index >= 15 is 0 Å². The van der Waals surface area contributed by atoms with E-state index in [0.717, 1.165) is 18.4 Å². The molecule has 0 saturated carbocycles. The Balaban J connectivity index is 2.59. The molecular formula is C10H15ClN2O. The van der Waals surface area contributed by atoms with Crippen molar-refractivity contribution in [2.24, 2.45) is 13.0 Å². The minimum absolute atomic E-state index is 0.0386. The number of carbonyl (C=O) groups is 1. The molecule has 0 saturated heterocycles. The van der Waals surface area contributed by atoms with Crippen molar-refractivity contribution in [3.63, 3.8) is 0 Å². The molecule has 3 nitrogen and oxygen atoms in total. The van der Waals surface area contributed by atoms with Gasteiger partial charge in [0.2, 0.25) is 0 Å². The third-order valence-electron chi connectivity index (χ3n) is 2.27. The first-order chi connectivity index (χ1) is 6.63. The second kappa shape index (κ2) is 5.15. The summed E-state index contributed by atoms with van der Waals surface area (Å²) >= 11 is 5.64. The van der Waals surface area contributed by atoms with Gasteiger partial charge >= 0.3 is 0 Å². The average molecular weight is 215 g/mol. The van der Waals surface area contributed by atoms with Crippen molar-refractivity contribution in [2.45, 2.75) is 19.8 Å². The lowest BCUT2D eigenvalue weighted by atomic mass is 9.95. The topological polar surface area (TPSA) is 34.9 Å². The van der Waals surface area contributed by atoms with Gasteiger partial charge in [-0.15, -0.1) is 11.6 Å². The van der Waals surface area contributed by atoms with E-state index < -0.39 is 0 Å². The lowest BCUT2D eigenvalue weighted by Gasteiger charge is -2.09. The van der Waals surface area contributed by atoms with Crippen LogP contribution in [0.3, 0.4) is 0 Å². The Morgan fingerprint density at radius 1 is 1.71 bits per heavy atom. The molecule has 0 spiro atoms. The monoisotopic (exact) mass is 214 g/mol. The molecule has 1 aromatic rings. The van der Waals surface area contributed by atoms with Gasteiger partial charge in [0, 0.05) is 25.0 Å². The third kappa shape index (κ3) is 3.14. The van der Waals surface area contributed by atoms with Gasteiger partial charge in [0.1, 0.15) is 5.78 Å². The summed E-state index contributed by atoms with van der Waals surface area (Å²) in [7, 11) is 1.87. The van der Waals surface area contributed by atoms with E-state index in [2.05, 4.69) is 5.10 Å². The van der Waals surface area contributed by atoms with Crippen molar-refractivity contribution in [2.75, 3.05) is 5.88 Å². The van der Waals surface area contributed by atoms with Crippen LogP contribution in [0.4, 0.5) is 0 Å². The van der Waals surface area contributed by atoms with Gasteiger partial charge in [-0.3, -0.25) is 9.48 Å². The van der Waals surface area contributed by atoms with Crippen LogP contribution >= 0.6 is 11.6 Å². The van der Waals surface area contributed by atoms with E-state index in [1.54, 1.807) is 17.8 Å². The molecule has 0 fully saturated rings. The second-order valence-corrected chi connectivity index (χ2v) is 3.89. The second-order valence-electron chi connectivity index (χ2n) is 3.51. The van der Waals surface area contributed by atoms with Gasteiger partial charge in [-0.1, -0.05) is 0 Å². The SMILES string of the molecule is CC(=O)C(CCCl)Cc1cnn(C)c1. The molecule has 1 heterocycles. The summed E-state index contributed by atoms with van der Waals surface area (Å²) in [6.07, 6.45) is 5.22. The van der Waals surface area contributed by atoms with Crippen LogP contribution in [0.1, 0.15) is 18.9 Å². The zero-order valence-corrected chi connectivity index (χ0v) is 9.29. The van der Waals surface area contributed by atoms with Crippen molar-refractivity contribution < 1.29 is 4.79 Å². The van der Waals surface area contributed by atoms with Gasteiger partial charge in [-0.25, -0.2) is 0 Å². The molecular weight excluding hydrogens is 200 g/mol. The Bertz CT molecular complexity index is 309. The number of hydrogen-bond donors (Lipinski definition) is 0. The number of rotatable bonds is 5. The maximum Gasteiger partial charge on any atom is 0.133 e. The first-order valence-electron chi connectivity index (χ1n) is 4.67. The number of aryl methyl sites for hydroxylation is 1. The van der Waals surface area contributed by atoms with Gasteiger partial charge < -0.3 is 0 Å². The van der Waals surface area contributed by atoms with Crippen LogP contribution in [0, 0.1) is 5.92 Å². The van der Waals surface area contributed by atoms with Crippen molar-refractivity contribution in [3.8, 4) is 0 Å². The number of alkyl halides is 1. The zero-order valence-electron chi connectivity index (χ0n) is 8.53. The highest BCUT2D eigenvalue weighted by molar-refractivity contribution is 6.18. The highest BCUT2D eigenvalue weighted by Gasteiger charge is 2.14. The standard InChI is InChI=1S/C10H15ClN2O/c1-8(14)10(3-4-11)5-9-6-12-13(2)7-9/h6-7,10H,3-5H2,1-2H3. The molecule has 0 aliphatic heterocycles. The highest BCUT2D eigenvalue weighted by atomic mass is 35.5. The molecule has 0 aliphatic rings. The summed E-state index contributed by atoms with van der Waals surface area (Å²) in [6.45, 7) is 1.62. The molecule has 0 radical (unpaired) electrons. The lowest BCUT2D eigenvalue weighted by molar-refractivity contribution is -0.120. The summed E-state index contributed by atoms with van der Waals surface area (Å²) in [5.74, 6) is 0.774. The fourth-order valence-corrected chi connectivity index (χ4v) is 1.71. The van der Waals surface area contributed by atoms with Gasteiger partial charge in [-0.2, -0.15) is 5.10 Å². The zero-order chi connectivity index (χ0) is 10.6. The average Bonchev–Trinajstić information content (AvgIpc) is 2.50. The predicted octanol–water partition coefficient (Wildman–Crippen LogP) is 1.80. The van der Waals surface area contributed by atoms with Crippen LogP contribution < -0.4 is 0 Å². The molecule has 0 amide bonds. The number of carbonyl (C=O) groups excluding carboxylic acids is 1. The Hall–Kier alpha value is -0.830. The Labute approximate surface area is 89.1 Å². The fraction of sp³-hybridized carbons (Fsp3) is 0.600. The smallest absolute Gasteiger partial charge is 0.133 e. The number of aromatic nitrogens is 2. The fourth-order valence-electron chi connectivity index (χ4n) is 1.44. The number of halogens is 1. The number of hydrogen-bond acceptors (Lipinski definition) is 2. The predicted molar refractivity (Wildman–Crippen MR) is 56.4 cm³/mol. The van der Waals surface area contributed by atoms with Crippen LogP contribution in [-0.2, 0) is 18.3 Å². The number of Topliss-reactive ketones (excluding diaryl/α,β-unsaturated/α-hetero) is 1. The highest BCUT2D eigenvalue weighted by Crippen LogP contribution is 2.13. The van der Waals surface area contributed by atoms with Crippen LogP contribution in [0.2, 0.25) is 0 Å². The number of nitrogens with zero attached hydrogens (tertiary/aromatic N) is 2. The van der Waals surface area contributed by atoms with Crippen LogP contribution in [0.25, 0.3) is 0 Å². The first-order valence-corrected chi connectivity index (χ1v) is 5.21. The quantitative estimate of drug-likeness (QED) is 0.701. The summed E-state index contributed by atoms with van der Waals surface area (Å²) in [4.78, 5) is 11.3. The van der Waals surface area contributed by atoms with E-state index in [-0.39, 0.29) is 11.7 Å². The van der Waals surface area contributed by atoms with Crippen molar-refractivity contribution in [1.82, 2.24) is 9.78 Å². The molecule has 78 valence electrons. The Kier molecular flexibility index (Phi) is 4.14. The summed E-state index contributed by atoms with van der Waals surface area (Å²) < 4.78 is 1.74. The Morgan fingerprint density at radius 2 is 2.43 bits per heavy atom. The molecule has 14 heavy (non-hydrogen) atoms. The van der Waals surface area contributed by atoms with Gasteiger partial charge in [0.25, 0.3) is 0 Å². The summed E-state index contributed by atoms with van der Waals surface area (Å²) in [5.41, 5.74) is 1.10. The summed E-state index contributed by atoms with van der Waals surface area (Å²) in [6, 6.07) is 0. The lowest BCUT2D eigenvalue weighted by Crippen LogP contribution is -2.14. The van der Waals surface area contributed by atoms with E-state index in [0.29, 0.717) is 5.88 Å². The molecule has 1 atom stereocenters. The molecule has 1 unspecified atom stereocenters. The Morgan fingerprint density at radius 3 is 2.86 bits per heavy atom. The van der Waals surface area contributed by atoms with Crippen molar-refractivity contribution >= 4 is 17.4 Å². The minimum atomic E-state index is 0.0386. The molecule has 0 bridgehead atoms. The molecule has 0 aromatic carbocycles. The normalized spacial score (nSPS) is 12.8. The summed E-state index contributed by atoms with van der Waals surface area (Å²) in [5, 5.41) is 4.06. The largest absolute Gasteiger partial charge is 0.300 e. The molecule has 1 rings (SSSR count). The van der Waals surface area contributed by atoms with Gasteiger partial charge in [0.05, 0.1) is 6.20 Å². The minimum Gasteiger partial charge on any atom is -0.300 e. The van der Waals surface area contributed by atoms with Crippen LogP contribution in [-0.4, -0.2) is 21.4 Å². The van der Waals surface area contributed by atoms with Crippen LogP contribution in [0.5, 0.6) is 0 Å². The van der Waals surface area contributed by atoms with Crippen molar-refractivity contribution in [3.05, 3.63) is 18.0 Å². The molecule has 0 N–H and O–H groups in total. The molecule has 1 aromatic heterocycles. The maximum absolute atomic E-state index is 11.3. The van der Waals surface area contributed by atoms with Crippen LogP contribution in [0.15, 0.2) is 12.4 Å². The van der Waals surface area contributed by atoms with E-state index in [1.165, 1.54) is 0 Å². The van der Waals surface area contributed by atoms with E-state index in [9.17, 15) is 4.79 Å². The first kappa shape index (κ1) is 11.2. The molecule has 4 heteroatoms. The van der Waals surface area contributed by atoms with Gasteiger partial charge in [0.15, 0.2) is 0 Å². The van der Waals surface area contributed by atoms with Crippen molar-refractivity contribution in [1.29, 1.82) is 0 Å². The number of ketones is 1. The van der Waals surface area contributed by atoms with E-state index in [1.807, 2.05) is 13.2 Å².